The number of thiazole rings is 1. The van der Waals surface area contributed by atoms with Gasteiger partial charge >= 0.3 is 0 Å². The van der Waals surface area contributed by atoms with Crippen LogP contribution in [0.1, 0.15) is 35.2 Å². The zero-order chi connectivity index (χ0) is 13.8. The maximum Gasteiger partial charge on any atom is 0.0971 e. The Morgan fingerprint density at radius 2 is 2.35 bits per heavy atom. The van der Waals surface area contributed by atoms with Crippen LogP contribution >= 0.6 is 11.3 Å². The monoisotopic (exact) mass is 287 g/mol. The van der Waals surface area contributed by atoms with Gasteiger partial charge in [-0.1, -0.05) is 6.07 Å². The zero-order valence-electron chi connectivity index (χ0n) is 12.0. The van der Waals surface area contributed by atoms with Crippen LogP contribution in [0, 0.1) is 6.92 Å². The smallest absolute Gasteiger partial charge is 0.0971 e. The van der Waals surface area contributed by atoms with Gasteiger partial charge < -0.3 is 4.90 Å². The Morgan fingerprint density at radius 3 is 3.10 bits per heavy atom. The largest absolute Gasteiger partial charge is 0.302 e. The Kier molecular flexibility index (Phi) is 4.43. The highest BCUT2D eigenvalue weighted by atomic mass is 32.1. The Balaban J connectivity index is 1.55. The Morgan fingerprint density at radius 1 is 1.40 bits per heavy atom. The summed E-state index contributed by atoms with van der Waals surface area (Å²) in [7, 11) is 0. The molecule has 2 aromatic rings. The summed E-state index contributed by atoms with van der Waals surface area (Å²) in [5, 5.41) is 3.49. The minimum atomic E-state index is 0.631. The molecule has 106 valence electrons. The van der Waals surface area contributed by atoms with Crippen molar-refractivity contribution in [3.8, 4) is 0 Å². The second kappa shape index (κ2) is 6.46. The molecule has 0 N–H and O–H groups in total. The summed E-state index contributed by atoms with van der Waals surface area (Å²) < 4.78 is 0. The van der Waals surface area contributed by atoms with Crippen molar-refractivity contribution in [1.82, 2.24) is 14.9 Å². The summed E-state index contributed by atoms with van der Waals surface area (Å²) in [6.45, 7) is 5.56. The summed E-state index contributed by atoms with van der Waals surface area (Å²) in [4.78, 5) is 11.6. The first-order valence-electron chi connectivity index (χ1n) is 7.35. The molecule has 1 aliphatic heterocycles. The quantitative estimate of drug-likeness (QED) is 0.864. The summed E-state index contributed by atoms with van der Waals surface area (Å²) >= 11 is 1.82. The molecule has 1 saturated heterocycles. The number of aromatic nitrogens is 2. The molecule has 0 radical (unpaired) electrons. The predicted molar refractivity (Wildman–Crippen MR) is 83.2 cm³/mol. The van der Waals surface area contributed by atoms with Crippen molar-refractivity contribution in [2.75, 3.05) is 19.6 Å². The highest BCUT2D eigenvalue weighted by Crippen LogP contribution is 2.29. The summed E-state index contributed by atoms with van der Waals surface area (Å²) in [5.41, 5.74) is 2.36. The van der Waals surface area contributed by atoms with Crippen LogP contribution in [0.5, 0.6) is 0 Å². The molecule has 20 heavy (non-hydrogen) atoms. The first-order valence-corrected chi connectivity index (χ1v) is 8.23. The molecule has 1 aliphatic rings. The van der Waals surface area contributed by atoms with Crippen LogP contribution in [0.3, 0.4) is 0 Å². The zero-order valence-corrected chi connectivity index (χ0v) is 12.8. The first kappa shape index (κ1) is 13.7. The lowest BCUT2D eigenvalue weighted by molar-refractivity contribution is 0.209. The van der Waals surface area contributed by atoms with E-state index in [9.17, 15) is 0 Å². The standard InChI is InChI=1S/C16H21N3S/c1-13-12-20-16(18-13)14-5-4-9-19(11-14)10-7-15-6-2-3-8-17-15/h2-3,6,8,12,14H,4-5,7,9-11H2,1H3/t14-/m0/s1. The molecule has 2 aromatic heterocycles. The molecule has 1 fully saturated rings. The first-order chi connectivity index (χ1) is 9.81. The SMILES string of the molecule is Cc1csc([C@H]2CCCN(CCc3ccccn3)C2)n1. The maximum atomic E-state index is 4.67. The van der Waals surface area contributed by atoms with E-state index < -0.39 is 0 Å². The second-order valence-corrected chi connectivity index (χ2v) is 6.43. The fourth-order valence-corrected chi connectivity index (χ4v) is 3.76. The second-order valence-electron chi connectivity index (χ2n) is 5.54. The van der Waals surface area contributed by atoms with Crippen LogP contribution in [-0.2, 0) is 6.42 Å². The molecule has 3 nitrogen and oxygen atoms in total. The summed E-state index contributed by atoms with van der Waals surface area (Å²) in [5.74, 6) is 0.631. The van der Waals surface area contributed by atoms with Gasteiger partial charge in [-0.25, -0.2) is 4.98 Å². The van der Waals surface area contributed by atoms with E-state index in [0.29, 0.717) is 5.92 Å². The number of hydrogen-bond acceptors (Lipinski definition) is 4. The van der Waals surface area contributed by atoms with E-state index in [1.807, 2.05) is 23.6 Å². The van der Waals surface area contributed by atoms with Crippen molar-refractivity contribution < 1.29 is 0 Å². The molecule has 0 spiro atoms. The van der Waals surface area contributed by atoms with E-state index in [1.54, 1.807) is 0 Å². The lowest BCUT2D eigenvalue weighted by Crippen LogP contribution is -2.35. The van der Waals surface area contributed by atoms with Gasteiger partial charge in [0.15, 0.2) is 0 Å². The van der Waals surface area contributed by atoms with E-state index in [4.69, 9.17) is 0 Å². The van der Waals surface area contributed by atoms with E-state index in [2.05, 4.69) is 39.3 Å². The molecule has 0 amide bonds. The summed E-state index contributed by atoms with van der Waals surface area (Å²) in [6.07, 6.45) is 5.50. The normalized spacial score (nSPS) is 20.1. The van der Waals surface area contributed by atoms with Crippen LogP contribution in [0.2, 0.25) is 0 Å². The number of likely N-dealkylation sites (tertiary alicyclic amines) is 1. The average molecular weight is 287 g/mol. The van der Waals surface area contributed by atoms with E-state index in [-0.39, 0.29) is 0 Å². The molecule has 0 aliphatic carbocycles. The van der Waals surface area contributed by atoms with E-state index >= 15 is 0 Å². The van der Waals surface area contributed by atoms with Crippen LogP contribution in [-0.4, -0.2) is 34.5 Å². The number of rotatable bonds is 4. The third-order valence-corrected chi connectivity index (χ3v) is 5.03. The molecule has 0 aromatic carbocycles. The van der Waals surface area contributed by atoms with Gasteiger partial charge in [0.25, 0.3) is 0 Å². The lowest BCUT2D eigenvalue weighted by Gasteiger charge is -2.31. The van der Waals surface area contributed by atoms with Gasteiger partial charge in [0, 0.05) is 48.4 Å². The van der Waals surface area contributed by atoms with Gasteiger partial charge in [-0.2, -0.15) is 0 Å². The van der Waals surface area contributed by atoms with Gasteiger partial charge in [0.2, 0.25) is 0 Å². The Hall–Kier alpha value is -1.26. The highest BCUT2D eigenvalue weighted by molar-refractivity contribution is 7.09. The fourth-order valence-electron chi connectivity index (χ4n) is 2.84. The maximum absolute atomic E-state index is 4.67. The minimum absolute atomic E-state index is 0.631. The van der Waals surface area contributed by atoms with Crippen LogP contribution in [0.15, 0.2) is 29.8 Å². The number of nitrogens with zero attached hydrogens (tertiary/aromatic N) is 3. The van der Waals surface area contributed by atoms with Gasteiger partial charge in [-0.05, 0) is 38.4 Å². The number of aryl methyl sites for hydroxylation is 1. The van der Waals surface area contributed by atoms with Crippen LogP contribution in [0.25, 0.3) is 0 Å². The molecule has 0 unspecified atom stereocenters. The third kappa shape index (κ3) is 3.44. The van der Waals surface area contributed by atoms with Crippen molar-refractivity contribution in [1.29, 1.82) is 0 Å². The topological polar surface area (TPSA) is 29.0 Å². The molecular formula is C16H21N3S. The fraction of sp³-hybridized carbons (Fsp3) is 0.500. The van der Waals surface area contributed by atoms with E-state index in [1.165, 1.54) is 30.1 Å². The van der Waals surface area contributed by atoms with Gasteiger partial charge in [0.05, 0.1) is 5.01 Å². The van der Waals surface area contributed by atoms with Crippen molar-refractivity contribution in [2.24, 2.45) is 0 Å². The Bertz CT molecular complexity index is 538. The van der Waals surface area contributed by atoms with Crippen molar-refractivity contribution in [2.45, 2.75) is 32.1 Å². The molecule has 3 heterocycles. The predicted octanol–water partition coefficient (Wildman–Crippen LogP) is 3.27. The lowest BCUT2D eigenvalue weighted by atomic mass is 9.98. The molecule has 0 saturated carbocycles. The summed E-state index contributed by atoms with van der Waals surface area (Å²) in [6, 6.07) is 6.16. The van der Waals surface area contributed by atoms with Crippen LogP contribution in [0.4, 0.5) is 0 Å². The molecule has 1 atom stereocenters. The number of piperidine rings is 1. The number of hydrogen-bond donors (Lipinski definition) is 0. The molecule has 4 heteroatoms. The van der Waals surface area contributed by atoms with Gasteiger partial charge in [-0.15, -0.1) is 11.3 Å². The third-order valence-electron chi connectivity index (χ3n) is 3.90. The van der Waals surface area contributed by atoms with Crippen molar-refractivity contribution >= 4 is 11.3 Å². The molecule has 0 bridgehead atoms. The molecular weight excluding hydrogens is 266 g/mol. The average Bonchev–Trinajstić information content (AvgIpc) is 2.93. The van der Waals surface area contributed by atoms with Gasteiger partial charge in [0.1, 0.15) is 0 Å². The van der Waals surface area contributed by atoms with Crippen molar-refractivity contribution in [3.05, 3.63) is 46.2 Å². The van der Waals surface area contributed by atoms with Crippen LogP contribution < -0.4 is 0 Å². The highest BCUT2D eigenvalue weighted by Gasteiger charge is 2.23. The Labute approximate surface area is 124 Å². The van der Waals surface area contributed by atoms with Gasteiger partial charge in [-0.3, -0.25) is 4.98 Å². The van der Waals surface area contributed by atoms with Crippen molar-refractivity contribution in [3.63, 3.8) is 0 Å². The minimum Gasteiger partial charge on any atom is -0.302 e. The van der Waals surface area contributed by atoms with E-state index in [0.717, 1.165) is 25.2 Å². The number of pyridine rings is 1. The molecule has 3 rings (SSSR count).